The van der Waals surface area contributed by atoms with Gasteiger partial charge in [-0.2, -0.15) is 10.2 Å². The van der Waals surface area contributed by atoms with Crippen molar-refractivity contribution in [2.75, 3.05) is 6.67 Å². The zero-order valence-corrected chi connectivity index (χ0v) is 13.4. The van der Waals surface area contributed by atoms with E-state index < -0.39 is 0 Å². The number of hydrogen-bond donors (Lipinski definition) is 1. The molecular weight excluding hydrogens is 305 g/mol. The number of alkyl halides is 1. The summed E-state index contributed by atoms with van der Waals surface area (Å²) >= 11 is 0. The fraction of sp³-hybridized carbons (Fsp3) is 0.600. The third kappa shape index (κ3) is 4.08. The van der Waals surface area contributed by atoms with E-state index in [9.17, 15) is 4.39 Å². The molecule has 0 aromatic carbocycles. The minimum atomic E-state index is -0.386. The van der Waals surface area contributed by atoms with E-state index in [0.29, 0.717) is 19.1 Å². The van der Waals surface area contributed by atoms with Crippen molar-refractivity contribution >= 4 is 12.4 Å². The van der Waals surface area contributed by atoms with Crippen LogP contribution in [0.1, 0.15) is 43.0 Å². The summed E-state index contributed by atoms with van der Waals surface area (Å²) in [6, 6.07) is 2.51. The van der Waals surface area contributed by atoms with Crippen LogP contribution in [0.2, 0.25) is 0 Å². The second-order valence-corrected chi connectivity index (χ2v) is 5.61. The van der Waals surface area contributed by atoms with Gasteiger partial charge in [-0.1, -0.05) is 12.8 Å². The summed E-state index contributed by atoms with van der Waals surface area (Å²) in [7, 11) is 0. The van der Waals surface area contributed by atoms with Gasteiger partial charge >= 0.3 is 0 Å². The van der Waals surface area contributed by atoms with Gasteiger partial charge in [0, 0.05) is 31.0 Å². The highest BCUT2D eigenvalue weighted by atomic mass is 35.5. The van der Waals surface area contributed by atoms with E-state index in [0.717, 1.165) is 12.2 Å². The van der Waals surface area contributed by atoms with Gasteiger partial charge < -0.3 is 5.32 Å². The average Bonchev–Trinajstić information content (AvgIpc) is 3.19. The molecule has 1 N–H and O–H groups in total. The van der Waals surface area contributed by atoms with Crippen molar-refractivity contribution in [3.8, 4) is 0 Å². The Morgan fingerprint density at radius 3 is 2.82 bits per heavy atom. The molecule has 1 saturated carbocycles. The Morgan fingerprint density at radius 1 is 1.23 bits per heavy atom. The lowest BCUT2D eigenvalue weighted by Crippen LogP contribution is -2.16. The molecule has 1 aliphatic carbocycles. The third-order valence-electron chi connectivity index (χ3n) is 4.09. The first kappa shape index (κ1) is 17.0. The largest absolute Gasteiger partial charge is 0.307 e. The molecule has 0 bridgehead atoms. The van der Waals surface area contributed by atoms with Crippen LogP contribution in [-0.4, -0.2) is 26.2 Å². The molecule has 2 aromatic rings. The molecule has 0 unspecified atom stereocenters. The van der Waals surface area contributed by atoms with Gasteiger partial charge in [-0.25, -0.2) is 4.39 Å². The normalized spacial score (nSPS) is 15.1. The van der Waals surface area contributed by atoms with E-state index in [1.165, 1.54) is 31.2 Å². The maximum atomic E-state index is 12.4. The summed E-state index contributed by atoms with van der Waals surface area (Å²) in [5, 5.41) is 11.9. The molecule has 1 fully saturated rings. The first-order chi connectivity index (χ1) is 10.4. The molecule has 0 atom stereocenters. The molecule has 0 amide bonds. The van der Waals surface area contributed by atoms with E-state index in [1.54, 1.807) is 10.9 Å². The van der Waals surface area contributed by atoms with Crippen LogP contribution in [-0.2, 0) is 19.6 Å². The van der Waals surface area contributed by atoms with Gasteiger partial charge in [-0.3, -0.25) is 9.36 Å². The van der Waals surface area contributed by atoms with Crippen molar-refractivity contribution in [1.82, 2.24) is 24.9 Å². The molecular formula is C15H23ClFN5. The van der Waals surface area contributed by atoms with E-state index in [-0.39, 0.29) is 19.1 Å². The topological polar surface area (TPSA) is 47.7 Å². The maximum Gasteiger partial charge on any atom is 0.109 e. The Balaban J connectivity index is 0.00000176. The summed E-state index contributed by atoms with van der Waals surface area (Å²) in [5.41, 5.74) is 2.20. The Labute approximate surface area is 136 Å². The molecule has 0 saturated heterocycles. The summed E-state index contributed by atoms with van der Waals surface area (Å²) in [6.45, 7) is 1.40. The minimum Gasteiger partial charge on any atom is -0.307 e. The van der Waals surface area contributed by atoms with Gasteiger partial charge in [0.25, 0.3) is 0 Å². The molecule has 3 rings (SSSR count). The Kier molecular flexibility index (Phi) is 6.39. The highest BCUT2D eigenvalue weighted by molar-refractivity contribution is 5.85. The Morgan fingerprint density at radius 2 is 2.05 bits per heavy atom. The molecule has 2 aromatic heterocycles. The number of rotatable bonds is 7. The van der Waals surface area contributed by atoms with Crippen LogP contribution in [0.15, 0.2) is 24.7 Å². The first-order valence-corrected chi connectivity index (χ1v) is 7.67. The third-order valence-corrected chi connectivity index (χ3v) is 4.09. The van der Waals surface area contributed by atoms with Crippen LogP contribution in [0.5, 0.6) is 0 Å². The van der Waals surface area contributed by atoms with Crippen molar-refractivity contribution in [1.29, 1.82) is 0 Å². The number of nitrogens with zero attached hydrogens (tertiary/aromatic N) is 4. The van der Waals surface area contributed by atoms with Gasteiger partial charge in [0.15, 0.2) is 0 Å². The lowest BCUT2D eigenvalue weighted by atomic mass is 10.2. The fourth-order valence-electron chi connectivity index (χ4n) is 2.96. The molecule has 0 spiro atoms. The highest BCUT2D eigenvalue weighted by Gasteiger charge is 2.17. The zero-order valence-electron chi connectivity index (χ0n) is 12.6. The lowest BCUT2D eigenvalue weighted by molar-refractivity contribution is 0.417. The number of aryl methyl sites for hydroxylation is 1. The molecule has 5 nitrogen and oxygen atoms in total. The van der Waals surface area contributed by atoms with Gasteiger partial charge in [0.05, 0.1) is 24.5 Å². The van der Waals surface area contributed by atoms with Crippen molar-refractivity contribution in [3.05, 3.63) is 35.9 Å². The number of hydrogen-bond acceptors (Lipinski definition) is 3. The molecule has 2 heterocycles. The number of nitrogens with one attached hydrogen (secondary N) is 1. The monoisotopic (exact) mass is 327 g/mol. The Bertz CT molecular complexity index is 562. The van der Waals surface area contributed by atoms with Crippen molar-refractivity contribution < 1.29 is 4.39 Å². The number of aromatic nitrogens is 4. The first-order valence-electron chi connectivity index (χ1n) is 7.67. The second-order valence-electron chi connectivity index (χ2n) is 5.61. The predicted molar refractivity (Wildman–Crippen MR) is 85.7 cm³/mol. The van der Waals surface area contributed by atoms with Crippen molar-refractivity contribution in [2.24, 2.45) is 0 Å². The summed E-state index contributed by atoms with van der Waals surface area (Å²) in [6.07, 6.45) is 10.9. The quantitative estimate of drug-likeness (QED) is 0.850. The molecule has 1 aliphatic rings. The van der Waals surface area contributed by atoms with E-state index in [4.69, 9.17) is 0 Å². The van der Waals surface area contributed by atoms with Gasteiger partial charge in [0.2, 0.25) is 0 Å². The van der Waals surface area contributed by atoms with Crippen LogP contribution in [0, 0.1) is 0 Å². The van der Waals surface area contributed by atoms with E-state index in [2.05, 4.69) is 26.4 Å². The van der Waals surface area contributed by atoms with Gasteiger partial charge in [-0.15, -0.1) is 12.4 Å². The molecule has 0 radical (unpaired) electrons. The average molecular weight is 328 g/mol. The minimum absolute atomic E-state index is 0. The smallest absolute Gasteiger partial charge is 0.109 e. The summed E-state index contributed by atoms with van der Waals surface area (Å²) in [4.78, 5) is 0. The van der Waals surface area contributed by atoms with Crippen molar-refractivity contribution in [3.63, 3.8) is 0 Å². The highest BCUT2D eigenvalue weighted by Crippen LogP contribution is 2.28. The SMILES string of the molecule is Cl.FCCn1nccc1CNCc1cnn(C2CCCC2)c1. The van der Waals surface area contributed by atoms with Crippen LogP contribution in [0.25, 0.3) is 0 Å². The van der Waals surface area contributed by atoms with Crippen LogP contribution in [0.4, 0.5) is 4.39 Å². The summed E-state index contributed by atoms with van der Waals surface area (Å²) < 4.78 is 16.2. The zero-order chi connectivity index (χ0) is 14.5. The van der Waals surface area contributed by atoms with Crippen molar-refractivity contribution in [2.45, 2.75) is 51.4 Å². The standard InChI is InChI=1S/C15H22FN5.ClH/c16-6-8-20-15(5-7-18-20)11-17-9-13-10-19-21(12-13)14-3-1-2-4-14;/h5,7,10,12,14,17H,1-4,6,8-9,11H2;1H. The molecule has 122 valence electrons. The predicted octanol–water partition coefficient (Wildman–Crippen LogP) is 2.88. The fourth-order valence-corrected chi connectivity index (χ4v) is 2.96. The number of halogens is 2. The van der Waals surface area contributed by atoms with Crippen LogP contribution < -0.4 is 5.32 Å². The Hall–Kier alpha value is -1.40. The van der Waals surface area contributed by atoms with E-state index >= 15 is 0 Å². The molecule has 7 heteroatoms. The molecule has 22 heavy (non-hydrogen) atoms. The van der Waals surface area contributed by atoms with Crippen LogP contribution in [0.3, 0.4) is 0 Å². The summed E-state index contributed by atoms with van der Waals surface area (Å²) in [5.74, 6) is 0. The van der Waals surface area contributed by atoms with Gasteiger partial charge in [-0.05, 0) is 18.9 Å². The molecule has 0 aliphatic heterocycles. The van der Waals surface area contributed by atoms with E-state index in [1.807, 2.05) is 12.3 Å². The second kappa shape index (κ2) is 8.29. The van der Waals surface area contributed by atoms with Gasteiger partial charge in [0.1, 0.15) is 6.67 Å². The lowest BCUT2D eigenvalue weighted by Gasteiger charge is -2.08. The van der Waals surface area contributed by atoms with Crippen LogP contribution >= 0.6 is 12.4 Å². The maximum absolute atomic E-state index is 12.4.